The van der Waals surface area contributed by atoms with E-state index < -0.39 is 5.97 Å². The third-order valence-corrected chi connectivity index (χ3v) is 2.38. The number of rotatable bonds is 8. The Bertz CT molecular complexity index is 162. The van der Waals surface area contributed by atoms with Crippen molar-refractivity contribution in [3.8, 4) is 0 Å². The standard InChI is InChI=1S/C10H22N2O2/c1-2-3-4-5-8(11)9(12)6-7-10(13)14/h8-9H,2-7,11-12H2,1H3,(H,13,14). The fourth-order valence-corrected chi connectivity index (χ4v) is 1.35. The summed E-state index contributed by atoms with van der Waals surface area (Å²) in [7, 11) is 0. The van der Waals surface area contributed by atoms with E-state index in [1.165, 1.54) is 6.42 Å². The van der Waals surface area contributed by atoms with Crippen molar-refractivity contribution in [1.29, 1.82) is 0 Å². The molecule has 0 aliphatic rings. The lowest BCUT2D eigenvalue weighted by atomic mass is 9.99. The Morgan fingerprint density at radius 1 is 1.21 bits per heavy atom. The van der Waals surface area contributed by atoms with Crippen molar-refractivity contribution in [3.05, 3.63) is 0 Å². The number of carbonyl (C=O) groups is 1. The molecule has 0 amide bonds. The molecule has 0 aromatic rings. The topological polar surface area (TPSA) is 89.3 Å². The van der Waals surface area contributed by atoms with Gasteiger partial charge in [0.05, 0.1) is 0 Å². The number of hydrogen-bond acceptors (Lipinski definition) is 3. The normalized spacial score (nSPS) is 15.1. The molecule has 4 heteroatoms. The Hall–Kier alpha value is -0.610. The van der Waals surface area contributed by atoms with Gasteiger partial charge in [-0.3, -0.25) is 4.79 Å². The molecule has 0 aromatic carbocycles. The minimum absolute atomic E-state index is 0.0547. The summed E-state index contributed by atoms with van der Waals surface area (Å²) in [6.45, 7) is 2.13. The summed E-state index contributed by atoms with van der Waals surface area (Å²) in [5, 5.41) is 8.46. The predicted molar refractivity (Wildman–Crippen MR) is 57.0 cm³/mol. The highest BCUT2D eigenvalue weighted by Crippen LogP contribution is 2.07. The van der Waals surface area contributed by atoms with E-state index in [4.69, 9.17) is 16.6 Å². The maximum Gasteiger partial charge on any atom is 0.303 e. The van der Waals surface area contributed by atoms with Crippen LogP contribution in [0.1, 0.15) is 45.4 Å². The van der Waals surface area contributed by atoms with Crippen molar-refractivity contribution in [1.82, 2.24) is 0 Å². The van der Waals surface area contributed by atoms with Gasteiger partial charge in [-0.15, -0.1) is 0 Å². The molecular weight excluding hydrogens is 180 g/mol. The molecule has 0 aliphatic carbocycles. The molecule has 0 rings (SSSR count). The molecule has 0 aromatic heterocycles. The highest BCUT2D eigenvalue weighted by atomic mass is 16.4. The zero-order valence-corrected chi connectivity index (χ0v) is 8.91. The maximum absolute atomic E-state index is 10.3. The van der Waals surface area contributed by atoms with Crippen molar-refractivity contribution in [2.75, 3.05) is 0 Å². The van der Waals surface area contributed by atoms with Gasteiger partial charge in [-0.1, -0.05) is 26.2 Å². The van der Waals surface area contributed by atoms with Gasteiger partial charge in [0.25, 0.3) is 0 Å². The number of unbranched alkanes of at least 4 members (excludes halogenated alkanes) is 2. The third kappa shape index (κ3) is 6.86. The smallest absolute Gasteiger partial charge is 0.303 e. The van der Waals surface area contributed by atoms with E-state index in [1.54, 1.807) is 0 Å². The van der Waals surface area contributed by atoms with Crippen LogP contribution in [0.15, 0.2) is 0 Å². The Labute approximate surface area is 85.7 Å². The van der Waals surface area contributed by atoms with Crippen LogP contribution in [-0.4, -0.2) is 23.2 Å². The molecule has 4 nitrogen and oxygen atoms in total. The van der Waals surface area contributed by atoms with Crippen LogP contribution in [0.5, 0.6) is 0 Å². The monoisotopic (exact) mass is 202 g/mol. The molecule has 5 N–H and O–H groups in total. The van der Waals surface area contributed by atoms with E-state index in [1.807, 2.05) is 0 Å². The van der Waals surface area contributed by atoms with Gasteiger partial charge >= 0.3 is 5.97 Å². The van der Waals surface area contributed by atoms with Crippen molar-refractivity contribution in [2.24, 2.45) is 11.5 Å². The Morgan fingerprint density at radius 3 is 2.29 bits per heavy atom. The van der Waals surface area contributed by atoms with E-state index in [0.717, 1.165) is 19.3 Å². The van der Waals surface area contributed by atoms with Gasteiger partial charge in [0.1, 0.15) is 0 Å². The van der Waals surface area contributed by atoms with Gasteiger partial charge in [0.2, 0.25) is 0 Å². The van der Waals surface area contributed by atoms with E-state index in [2.05, 4.69) is 6.92 Å². The molecule has 0 spiro atoms. The maximum atomic E-state index is 10.3. The Morgan fingerprint density at radius 2 is 1.79 bits per heavy atom. The van der Waals surface area contributed by atoms with E-state index in [-0.39, 0.29) is 18.5 Å². The number of carboxylic acids is 1. The Kier molecular flexibility index (Phi) is 7.42. The first kappa shape index (κ1) is 13.4. The Balaban J connectivity index is 3.53. The molecule has 0 bridgehead atoms. The number of aliphatic carboxylic acids is 1. The SMILES string of the molecule is CCCCCC(N)C(N)CCC(=O)O. The highest BCUT2D eigenvalue weighted by molar-refractivity contribution is 5.66. The summed E-state index contributed by atoms with van der Waals surface area (Å²) in [5.74, 6) is -0.804. The molecule has 0 radical (unpaired) electrons. The van der Waals surface area contributed by atoms with Crippen LogP contribution in [0.25, 0.3) is 0 Å². The molecule has 0 saturated carbocycles. The third-order valence-electron chi connectivity index (χ3n) is 2.38. The van der Waals surface area contributed by atoms with Crippen LogP contribution in [0.4, 0.5) is 0 Å². The van der Waals surface area contributed by atoms with Crippen LogP contribution < -0.4 is 11.5 Å². The second-order valence-electron chi connectivity index (χ2n) is 3.76. The molecule has 14 heavy (non-hydrogen) atoms. The van der Waals surface area contributed by atoms with Crippen molar-refractivity contribution >= 4 is 5.97 Å². The van der Waals surface area contributed by atoms with Gasteiger partial charge in [-0.2, -0.15) is 0 Å². The first-order valence-electron chi connectivity index (χ1n) is 5.30. The van der Waals surface area contributed by atoms with Crippen LogP contribution in [0.3, 0.4) is 0 Å². The number of hydrogen-bond donors (Lipinski definition) is 3. The summed E-state index contributed by atoms with van der Waals surface area (Å²) >= 11 is 0. The van der Waals surface area contributed by atoms with Gasteiger partial charge in [-0.05, 0) is 12.8 Å². The summed E-state index contributed by atoms with van der Waals surface area (Å²) in [6.07, 6.45) is 4.90. The van der Waals surface area contributed by atoms with Crippen LogP contribution in [-0.2, 0) is 4.79 Å². The molecule has 0 saturated heterocycles. The van der Waals surface area contributed by atoms with Gasteiger partial charge in [0.15, 0.2) is 0 Å². The summed E-state index contributed by atoms with van der Waals surface area (Å²) < 4.78 is 0. The average Bonchev–Trinajstić information content (AvgIpc) is 2.14. The zero-order valence-electron chi connectivity index (χ0n) is 8.91. The summed E-state index contributed by atoms with van der Waals surface area (Å²) in [5.41, 5.74) is 11.6. The first-order chi connectivity index (χ1) is 6.57. The highest BCUT2D eigenvalue weighted by Gasteiger charge is 2.13. The first-order valence-corrected chi connectivity index (χ1v) is 5.30. The quantitative estimate of drug-likeness (QED) is 0.514. The molecule has 2 unspecified atom stereocenters. The van der Waals surface area contributed by atoms with Crippen LogP contribution in [0, 0.1) is 0 Å². The van der Waals surface area contributed by atoms with E-state index in [0.29, 0.717) is 6.42 Å². The second kappa shape index (κ2) is 7.76. The summed E-state index contributed by atoms with van der Waals surface area (Å²) in [4.78, 5) is 10.3. The average molecular weight is 202 g/mol. The summed E-state index contributed by atoms with van der Waals surface area (Å²) in [6, 6.07) is -0.233. The molecule has 0 fully saturated rings. The fraction of sp³-hybridized carbons (Fsp3) is 0.900. The van der Waals surface area contributed by atoms with E-state index >= 15 is 0 Å². The lowest BCUT2D eigenvalue weighted by Crippen LogP contribution is -2.41. The molecule has 84 valence electrons. The second-order valence-corrected chi connectivity index (χ2v) is 3.76. The number of carboxylic acid groups (broad SMARTS) is 1. The molecule has 0 aliphatic heterocycles. The van der Waals surface area contributed by atoms with Gasteiger partial charge in [-0.25, -0.2) is 0 Å². The van der Waals surface area contributed by atoms with Gasteiger partial charge in [0, 0.05) is 18.5 Å². The minimum Gasteiger partial charge on any atom is -0.481 e. The van der Waals surface area contributed by atoms with Gasteiger partial charge < -0.3 is 16.6 Å². The molecular formula is C10H22N2O2. The zero-order chi connectivity index (χ0) is 11.0. The van der Waals surface area contributed by atoms with E-state index in [9.17, 15) is 4.79 Å². The van der Waals surface area contributed by atoms with Crippen LogP contribution in [0.2, 0.25) is 0 Å². The number of nitrogens with two attached hydrogens (primary N) is 2. The van der Waals surface area contributed by atoms with Crippen LogP contribution >= 0.6 is 0 Å². The lowest BCUT2D eigenvalue weighted by molar-refractivity contribution is -0.137. The largest absolute Gasteiger partial charge is 0.481 e. The minimum atomic E-state index is -0.804. The molecule has 0 heterocycles. The fourth-order valence-electron chi connectivity index (χ4n) is 1.35. The molecule has 2 atom stereocenters. The lowest BCUT2D eigenvalue weighted by Gasteiger charge is -2.18. The van der Waals surface area contributed by atoms with Crippen molar-refractivity contribution in [3.63, 3.8) is 0 Å². The van der Waals surface area contributed by atoms with Crippen molar-refractivity contribution < 1.29 is 9.90 Å². The predicted octanol–water partition coefficient (Wildman–Crippen LogP) is 1.09. The van der Waals surface area contributed by atoms with Crippen molar-refractivity contribution in [2.45, 2.75) is 57.5 Å².